The number of anilines is 1. The van der Waals surface area contributed by atoms with Gasteiger partial charge in [0.2, 0.25) is 5.13 Å². The van der Waals surface area contributed by atoms with Gasteiger partial charge in [-0.05, 0) is 43.3 Å². The Balaban J connectivity index is 1.38. The highest BCUT2D eigenvalue weighted by Gasteiger charge is 2.20. The van der Waals surface area contributed by atoms with E-state index in [1.807, 2.05) is 36.4 Å². The number of para-hydroxylation sites is 1. The fraction of sp³-hybridized carbons (Fsp3) is 0.154. The number of nitrogens with zero attached hydrogens (tertiary/aromatic N) is 4. The minimum Gasteiger partial charge on any atom is -0.494 e. The zero-order valence-corrected chi connectivity index (χ0v) is 22.2. The van der Waals surface area contributed by atoms with Gasteiger partial charge in [0.05, 0.1) is 29.8 Å². The molecule has 1 N–H and O–H groups in total. The van der Waals surface area contributed by atoms with E-state index < -0.39 is 10.8 Å². The molecule has 0 bridgehead atoms. The number of rotatable bonds is 12. The molecule has 0 unspecified atom stereocenters. The van der Waals surface area contributed by atoms with Crippen molar-refractivity contribution in [2.24, 2.45) is 0 Å². The summed E-state index contributed by atoms with van der Waals surface area (Å²) in [6.07, 6.45) is 1.25. The molecule has 0 saturated carbocycles. The van der Waals surface area contributed by atoms with Crippen LogP contribution < -0.4 is 14.8 Å². The van der Waals surface area contributed by atoms with Crippen molar-refractivity contribution in [2.45, 2.75) is 11.3 Å². The predicted octanol–water partition coefficient (Wildman–Crippen LogP) is 5.82. The number of nitriles is 1. The number of hydrogen-bond donors (Lipinski definition) is 1. The van der Waals surface area contributed by atoms with Crippen LogP contribution in [0.5, 0.6) is 11.5 Å². The van der Waals surface area contributed by atoms with Gasteiger partial charge in [0, 0.05) is 11.8 Å². The average Bonchev–Trinajstić information content (AvgIpc) is 3.60. The number of nitro benzene ring substituents is 1. The molecule has 0 spiro atoms. The molecule has 2 aromatic carbocycles. The molecule has 0 atom stereocenters. The summed E-state index contributed by atoms with van der Waals surface area (Å²) >= 11 is 2.60. The van der Waals surface area contributed by atoms with Crippen molar-refractivity contribution >= 4 is 45.9 Å². The largest absolute Gasteiger partial charge is 0.494 e. The van der Waals surface area contributed by atoms with Crippen LogP contribution in [0.2, 0.25) is 0 Å². The van der Waals surface area contributed by atoms with Gasteiger partial charge in [-0.25, -0.2) is 0 Å². The van der Waals surface area contributed by atoms with Gasteiger partial charge in [-0.3, -0.25) is 20.2 Å². The third kappa shape index (κ3) is 7.44. The number of carbonyl (C=O) groups excluding carboxylic acids is 1. The number of aromatic nitrogens is 2. The van der Waals surface area contributed by atoms with E-state index in [1.54, 1.807) is 13.0 Å². The molecular formula is C26H21N5O6S2. The molecule has 2 heterocycles. The fourth-order valence-corrected chi connectivity index (χ4v) is 4.92. The standard InChI is InChI=1S/C26H21N5O6S2/c1-2-35-19-8-10-21(22(15-19)31(33)34)23-11-9-20(37-23)14-17(16-27)24(32)28-25-29-30-26(39-25)38-13-12-36-18-6-4-3-5-7-18/h3-11,14-15H,2,12-13H2,1H3,(H,28,29,32). The van der Waals surface area contributed by atoms with Gasteiger partial charge in [0.25, 0.3) is 11.6 Å². The summed E-state index contributed by atoms with van der Waals surface area (Å²) in [5.74, 6) is 1.46. The second-order valence-electron chi connectivity index (χ2n) is 7.58. The van der Waals surface area contributed by atoms with E-state index in [0.29, 0.717) is 29.1 Å². The highest BCUT2D eigenvalue weighted by Crippen LogP contribution is 2.34. The Kier molecular flexibility index (Phi) is 9.28. The Morgan fingerprint density at radius 3 is 2.74 bits per heavy atom. The zero-order chi connectivity index (χ0) is 27.6. The number of ether oxygens (including phenoxy) is 2. The van der Waals surface area contributed by atoms with Crippen LogP contribution in [0, 0.1) is 21.4 Å². The van der Waals surface area contributed by atoms with Crippen molar-refractivity contribution in [3.05, 3.63) is 82.1 Å². The number of amides is 1. The molecule has 0 radical (unpaired) electrons. The number of thioether (sulfide) groups is 1. The van der Waals surface area contributed by atoms with Crippen molar-refractivity contribution < 1.29 is 23.6 Å². The molecule has 0 fully saturated rings. The lowest BCUT2D eigenvalue weighted by Gasteiger charge is -2.05. The lowest BCUT2D eigenvalue weighted by Crippen LogP contribution is -2.13. The van der Waals surface area contributed by atoms with E-state index in [9.17, 15) is 20.2 Å². The Hall–Kier alpha value is -4.67. The Morgan fingerprint density at radius 1 is 1.18 bits per heavy atom. The molecule has 13 heteroatoms. The predicted molar refractivity (Wildman–Crippen MR) is 147 cm³/mol. The van der Waals surface area contributed by atoms with Crippen LogP contribution in [0.25, 0.3) is 17.4 Å². The van der Waals surface area contributed by atoms with Crippen molar-refractivity contribution in [3.63, 3.8) is 0 Å². The number of furan rings is 1. The summed E-state index contributed by atoms with van der Waals surface area (Å²) in [6, 6.07) is 18.7. The second-order valence-corrected chi connectivity index (χ2v) is 9.90. The van der Waals surface area contributed by atoms with Gasteiger partial charge in [-0.15, -0.1) is 10.2 Å². The average molecular weight is 564 g/mol. The third-order valence-corrected chi connectivity index (χ3v) is 6.90. The molecule has 0 aliphatic carbocycles. The van der Waals surface area contributed by atoms with Gasteiger partial charge in [-0.2, -0.15) is 5.26 Å². The van der Waals surface area contributed by atoms with Crippen molar-refractivity contribution in [2.75, 3.05) is 24.3 Å². The van der Waals surface area contributed by atoms with Gasteiger partial charge in [0.1, 0.15) is 34.7 Å². The first-order chi connectivity index (χ1) is 19.0. The molecule has 198 valence electrons. The number of carbonyl (C=O) groups is 1. The Morgan fingerprint density at radius 2 is 2.00 bits per heavy atom. The number of hydrogen-bond acceptors (Lipinski definition) is 11. The van der Waals surface area contributed by atoms with E-state index >= 15 is 0 Å². The second kappa shape index (κ2) is 13.2. The van der Waals surface area contributed by atoms with Crippen molar-refractivity contribution in [1.29, 1.82) is 5.26 Å². The van der Waals surface area contributed by atoms with E-state index in [-0.39, 0.29) is 33.5 Å². The topological polar surface area (TPSA) is 153 Å². The number of nitrogens with one attached hydrogen (secondary N) is 1. The molecule has 1 amide bonds. The van der Waals surface area contributed by atoms with Gasteiger partial charge in [-0.1, -0.05) is 41.3 Å². The van der Waals surface area contributed by atoms with E-state index in [4.69, 9.17) is 13.9 Å². The maximum absolute atomic E-state index is 12.7. The molecule has 11 nitrogen and oxygen atoms in total. The molecule has 4 aromatic rings. The quantitative estimate of drug-likeness (QED) is 0.0424. The van der Waals surface area contributed by atoms with Crippen LogP contribution in [-0.4, -0.2) is 40.0 Å². The smallest absolute Gasteiger partial charge is 0.284 e. The summed E-state index contributed by atoms with van der Waals surface area (Å²) in [7, 11) is 0. The van der Waals surface area contributed by atoms with E-state index in [2.05, 4.69) is 15.5 Å². The van der Waals surface area contributed by atoms with Gasteiger partial charge < -0.3 is 13.9 Å². The minimum atomic E-state index is -0.692. The highest BCUT2D eigenvalue weighted by atomic mass is 32.2. The summed E-state index contributed by atoms with van der Waals surface area (Å²) in [5.41, 5.74) is -0.197. The first-order valence-corrected chi connectivity index (χ1v) is 13.4. The van der Waals surface area contributed by atoms with Crippen molar-refractivity contribution in [1.82, 2.24) is 10.2 Å². The first kappa shape index (κ1) is 27.4. The molecule has 0 saturated heterocycles. The molecule has 2 aromatic heterocycles. The first-order valence-electron chi connectivity index (χ1n) is 11.6. The molecule has 39 heavy (non-hydrogen) atoms. The van der Waals surface area contributed by atoms with Crippen LogP contribution in [0.4, 0.5) is 10.8 Å². The maximum atomic E-state index is 12.7. The van der Waals surface area contributed by atoms with Crippen LogP contribution in [0.3, 0.4) is 0 Å². The van der Waals surface area contributed by atoms with E-state index in [1.165, 1.54) is 53.4 Å². The summed E-state index contributed by atoms with van der Waals surface area (Å²) in [4.78, 5) is 23.7. The molecular weight excluding hydrogens is 542 g/mol. The van der Waals surface area contributed by atoms with Crippen molar-refractivity contribution in [3.8, 4) is 28.9 Å². The fourth-order valence-electron chi connectivity index (χ4n) is 3.28. The Bertz CT molecular complexity index is 1530. The summed E-state index contributed by atoms with van der Waals surface area (Å²) < 4.78 is 17.3. The number of benzene rings is 2. The highest BCUT2D eigenvalue weighted by molar-refractivity contribution is 8.01. The SMILES string of the molecule is CCOc1ccc(-c2ccc(C=C(C#N)C(=O)Nc3nnc(SCCOc4ccccc4)s3)o2)c([N+](=O)[O-])c1. The molecule has 4 rings (SSSR count). The van der Waals surface area contributed by atoms with Gasteiger partial charge >= 0.3 is 0 Å². The normalized spacial score (nSPS) is 11.0. The third-order valence-electron chi connectivity index (χ3n) is 4.97. The maximum Gasteiger partial charge on any atom is 0.284 e. The monoisotopic (exact) mass is 563 g/mol. The minimum absolute atomic E-state index is 0.173. The zero-order valence-electron chi connectivity index (χ0n) is 20.5. The van der Waals surface area contributed by atoms with Crippen LogP contribution in [0.1, 0.15) is 12.7 Å². The van der Waals surface area contributed by atoms with Crippen LogP contribution >= 0.6 is 23.1 Å². The molecule has 0 aliphatic heterocycles. The van der Waals surface area contributed by atoms with Crippen LogP contribution in [-0.2, 0) is 4.79 Å². The summed E-state index contributed by atoms with van der Waals surface area (Å²) in [5, 5.41) is 31.9. The van der Waals surface area contributed by atoms with E-state index in [0.717, 1.165) is 5.75 Å². The number of nitro groups is 1. The lowest BCUT2D eigenvalue weighted by atomic mass is 10.1. The molecule has 0 aliphatic rings. The lowest BCUT2D eigenvalue weighted by molar-refractivity contribution is -0.384. The van der Waals surface area contributed by atoms with Gasteiger partial charge in [0.15, 0.2) is 4.34 Å². The summed E-state index contributed by atoms with van der Waals surface area (Å²) in [6.45, 7) is 2.62. The van der Waals surface area contributed by atoms with Crippen LogP contribution in [0.15, 0.2) is 75.0 Å². The Labute approximate surface area is 231 Å².